The number of carbonyl (C=O) groups is 2. The Morgan fingerprint density at radius 2 is 2.00 bits per heavy atom. The van der Waals surface area contributed by atoms with Crippen LogP contribution in [0.3, 0.4) is 0 Å². The van der Waals surface area contributed by atoms with Gasteiger partial charge in [-0.25, -0.2) is 0 Å². The molecule has 2 aromatic rings. The van der Waals surface area contributed by atoms with Crippen LogP contribution in [0.25, 0.3) is 0 Å². The van der Waals surface area contributed by atoms with Crippen molar-refractivity contribution >= 4 is 23.2 Å². The summed E-state index contributed by atoms with van der Waals surface area (Å²) >= 11 is 1.16. The Morgan fingerprint density at radius 3 is 2.58 bits per heavy atom. The van der Waals surface area contributed by atoms with Crippen molar-refractivity contribution in [1.82, 2.24) is 14.8 Å². The first kappa shape index (κ1) is 18.4. The van der Waals surface area contributed by atoms with E-state index in [2.05, 4.69) is 5.32 Å². The fraction of sp³-hybridized carbons (Fsp3) is 0.500. The summed E-state index contributed by atoms with van der Waals surface area (Å²) in [5.74, 6) is 0.859. The summed E-state index contributed by atoms with van der Waals surface area (Å²) in [4.78, 5) is 38.0. The molecule has 1 aliphatic heterocycles. The summed E-state index contributed by atoms with van der Waals surface area (Å²) in [6.45, 7) is 5.31. The van der Waals surface area contributed by atoms with Crippen LogP contribution in [-0.2, 0) is 11.3 Å². The lowest BCUT2D eigenvalue weighted by molar-refractivity contribution is -0.132. The normalized spacial score (nSPS) is 15.2. The molecule has 7 nitrogen and oxygen atoms in total. The maximum Gasteiger partial charge on any atom is 0.307 e. The van der Waals surface area contributed by atoms with Gasteiger partial charge in [0.25, 0.3) is 5.91 Å². The van der Waals surface area contributed by atoms with E-state index in [0.717, 1.165) is 17.0 Å². The molecule has 26 heavy (non-hydrogen) atoms. The Labute approximate surface area is 155 Å². The molecule has 0 saturated carbocycles. The third kappa shape index (κ3) is 4.24. The maximum absolute atomic E-state index is 12.4. The molecule has 0 spiro atoms. The van der Waals surface area contributed by atoms with E-state index in [1.165, 1.54) is 0 Å². The van der Waals surface area contributed by atoms with Gasteiger partial charge in [-0.2, -0.15) is 0 Å². The highest BCUT2D eigenvalue weighted by Gasteiger charge is 2.24. The van der Waals surface area contributed by atoms with Crippen molar-refractivity contribution in [2.45, 2.75) is 45.7 Å². The number of hydrogen-bond acceptors (Lipinski definition) is 5. The van der Waals surface area contributed by atoms with Crippen LogP contribution in [0.2, 0.25) is 0 Å². The largest absolute Gasteiger partial charge is 0.456 e. The Bertz CT molecular complexity index is 843. The van der Waals surface area contributed by atoms with Gasteiger partial charge >= 0.3 is 4.87 Å². The average molecular weight is 377 g/mol. The van der Waals surface area contributed by atoms with Crippen molar-refractivity contribution in [1.29, 1.82) is 0 Å². The van der Waals surface area contributed by atoms with Crippen LogP contribution in [-0.4, -0.2) is 40.4 Å². The molecule has 0 atom stereocenters. The van der Waals surface area contributed by atoms with Crippen molar-refractivity contribution in [3.63, 3.8) is 0 Å². The first-order chi connectivity index (χ1) is 12.4. The Hall–Kier alpha value is -2.35. The van der Waals surface area contributed by atoms with E-state index < -0.39 is 0 Å². The van der Waals surface area contributed by atoms with Gasteiger partial charge in [-0.1, -0.05) is 11.3 Å². The number of likely N-dealkylation sites (tertiary alicyclic amines) is 1. The molecule has 2 amide bonds. The van der Waals surface area contributed by atoms with E-state index >= 15 is 0 Å². The van der Waals surface area contributed by atoms with Crippen molar-refractivity contribution in [3.8, 4) is 0 Å². The summed E-state index contributed by atoms with van der Waals surface area (Å²) in [5.41, 5.74) is 0.891. The van der Waals surface area contributed by atoms with Crippen LogP contribution >= 0.6 is 11.3 Å². The topological polar surface area (TPSA) is 84.5 Å². The fourth-order valence-corrected chi connectivity index (χ4v) is 3.89. The molecule has 2 aromatic heterocycles. The highest BCUT2D eigenvalue weighted by atomic mass is 32.1. The van der Waals surface area contributed by atoms with Gasteiger partial charge in [-0.3, -0.25) is 14.4 Å². The average Bonchev–Trinajstić information content (AvgIpc) is 3.19. The van der Waals surface area contributed by atoms with E-state index in [0.29, 0.717) is 50.4 Å². The molecule has 0 aromatic carbocycles. The number of carbonyl (C=O) groups excluding carboxylic acids is 2. The van der Waals surface area contributed by atoms with E-state index in [-0.39, 0.29) is 22.7 Å². The molecule has 0 aliphatic carbocycles. The molecule has 8 heteroatoms. The second-order valence-electron chi connectivity index (χ2n) is 6.58. The van der Waals surface area contributed by atoms with Gasteiger partial charge in [0.2, 0.25) is 5.91 Å². The van der Waals surface area contributed by atoms with Crippen molar-refractivity contribution in [2.75, 3.05) is 13.1 Å². The van der Waals surface area contributed by atoms with E-state index in [4.69, 9.17) is 4.42 Å². The number of rotatable bonds is 5. The predicted molar refractivity (Wildman–Crippen MR) is 98.4 cm³/mol. The van der Waals surface area contributed by atoms with Crippen LogP contribution in [0, 0.1) is 13.8 Å². The Kier molecular flexibility index (Phi) is 5.61. The molecule has 3 rings (SSSR count). The molecule has 0 radical (unpaired) electrons. The van der Waals surface area contributed by atoms with Crippen LogP contribution in [0.15, 0.2) is 26.7 Å². The monoisotopic (exact) mass is 377 g/mol. The number of thiazole rings is 1. The third-order valence-electron chi connectivity index (χ3n) is 4.67. The lowest BCUT2D eigenvalue weighted by Crippen LogP contribution is -2.46. The van der Waals surface area contributed by atoms with Crippen LogP contribution < -0.4 is 10.2 Å². The van der Waals surface area contributed by atoms with E-state index in [1.54, 1.807) is 23.6 Å². The van der Waals surface area contributed by atoms with Gasteiger partial charge in [-0.15, -0.1) is 0 Å². The SMILES string of the molecule is Cc1ccc(C(=O)NC2CCN(C(=O)CCn3c(C)csc3=O)CC2)o1. The Balaban J connectivity index is 1.45. The highest BCUT2D eigenvalue weighted by Crippen LogP contribution is 2.14. The summed E-state index contributed by atoms with van der Waals surface area (Å²) < 4.78 is 6.97. The molecule has 0 bridgehead atoms. The summed E-state index contributed by atoms with van der Waals surface area (Å²) in [5, 5.41) is 4.77. The van der Waals surface area contributed by atoms with Crippen LogP contribution in [0.4, 0.5) is 0 Å². The predicted octanol–water partition coefficient (Wildman–Crippen LogP) is 1.93. The van der Waals surface area contributed by atoms with Crippen molar-refractivity contribution in [2.24, 2.45) is 0 Å². The summed E-state index contributed by atoms with van der Waals surface area (Å²) in [7, 11) is 0. The van der Waals surface area contributed by atoms with Gasteiger partial charge in [0.15, 0.2) is 5.76 Å². The zero-order valence-electron chi connectivity index (χ0n) is 15.0. The van der Waals surface area contributed by atoms with Crippen molar-refractivity contribution < 1.29 is 14.0 Å². The van der Waals surface area contributed by atoms with Gasteiger partial charge in [0.05, 0.1) is 0 Å². The number of nitrogens with zero attached hydrogens (tertiary/aromatic N) is 2. The van der Waals surface area contributed by atoms with Crippen molar-refractivity contribution in [3.05, 3.63) is 44.4 Å². The van der Waals surface area contributed by atoms with Gasteiger partial charge in [0, 0.05) is 43.2 Å². The molecule has 1 aliphatic rings. The first-order valence-corrected chi connectivity index (χ1v) is 9.62. The smallest absolute Gasteiger partial charge is 0.307 e. The number of aromatic nitrogens is 1. The molecular formula is C18H23N3O4S. The van der Waals surface area contributed by atoms with E-state index in [1.807, 2.05) is 17.2 Å². The molecule has 0 unspecified atom stereocenters. The number of piperidine rings is 1. The zero-order chi connectivity index (χ0) is 18.7. The molecule has 140 valence electrons. The number of aryl methyl sites for hydroxylation is 2. The number of nitrogens with one attached hydrogen (secondary N) is 1. The van der Waals surface area contributed by atoms with Crippen LogP contribution in [0.5, 0.6) is 0 Å². The number of amides is 2. The minimum atomic E-state index is -0.213. The first-order valence-electron chi connectivity index (χ1n) is 8.74. The third-order valence-corrected chi connectivity index (χ3v) is 5.55. The minimum Gasteiger partial charge on any atom is -0.456 e. The quantitative estimate of drug-likeness (QED) is 0.863. The maximum atomic E-state index is 12.4. The van der Waals surface area contributed by atoms with Gasteiger partial charge in [-0.05, 0) is 38.8 Å². The molecular weight excluding hydrogens is 354 g/mol. The van der Waals surface area contributed by atoms with Gasteiger partial charge < -0.3 is 19.2 Å². The second kappa shape index (κ2) is 7.90. The fourth-order valence-electron chi connectivity index (χ4n) is 3.13. The number of hydrogen-bond donors (Lipinski definition) is 1. The lowest BCUT2D eigenvalue weighted by Gasteiger charge is -2.32. The molecule has 3 heterocycles. The van der Waals surface area contributed by atoms with Crippen LogP contribution in [0.1, 0.15) is 41.3 Å². The van der Waals surface area contributed by atoms with Gasteiger partial charge in [0.1, 0.15) is 5.76 Å². The Morgan fingerprint density at radius 1 is 1.27 bits per heavy atom. The molecule has 1 saturated heterocycles. The summed E-state index contributed by atoms with van der Waals surface area (Å²) in [6.07, 6.45) is 1.75. The lowest BCUT2D eigenvalue weighted by atomic mass is 10.0. The standard InChI is InChI=1S/C18H23N3O4S/c1-12-11-26-18(24)21(12)10-7-16(22)20-8-5-14(6-9-20)19-17(23)15-4-3-13(2)25-15/h3-4,11,14H,5-10H2,1-2H3,(H,19,23). The number of furan rings is 1. The zero-order valence-corrected chi connectivity index (χ0v) is 15.8. The minimum absolute atomic E-state index is 0.0233. The second-order valence-corrected chi connectivity index (χ2v) is 7.40. The van der Waals surface area contributed by atoms with E-state index in [9.17, 15) is 14.4 Å². The molecule has 1 fully saturated rings. The summed E-state index contributed by atoms with van der Waals surface area (Å²) in [6, 6.07) is 3.47. The molecule has 1 N–H and O–H groups in total. The highest BCUT2D eigenvalue weighted by molar-refractivity contribution is 7.07.